The molecule has 1 aromatic carbocycles. The zero-order valence-electron chi connectivity index (χ0n) is 14.1. The minimum absolute atomic E-state index is 0.0533. The molecule has 0 saturated carbocycles. The van der Waals surface area contributed by atoms with Crippen molar-refractivity contribution in [3.63, 3.8) is 0 Å². The molecule has 1 amide bonds. The molecule has 0 bridgehead atoms. The number of nitrogens with zero attached hydrogens (tertiary/aromatic N) is 2. The van der Waals surface area contributed by atoms with Crippen molar-refractivity contribution in [2.45, 2.75) is 26.4 Å². The minimum atomic E-state index is -0.504. The molecule has 1 fully saturated rings. The number of ketones is 1. The Labute approximate surface area is 152 Å². The molecule has 5 nitrogen and oxygen atoms in total. The Kier molecular flexibility index (Phi) is 6.12. The summed E-state index contributed by atoms with van der Waals surface area (Å²) >= 11 is 11.9. The summed E-state index contributed by atoms with van der Waals surface area (Å²) in [7, 11) is 0. The van der Waals surface area contributed by atoms with Crippen LogP contribution in [-0.4, -0.2) is 60.0 Å². The van der Waals surface area contributed by atoms with Crippen molar-refractivity contribution < 1.29 is 14.3 Å². The molecule has 0 unspecified atom stereocenters. The highest BCUT2D eigenvalue weighted by atomic mass is 35.5. The fourth-order valence-corrected chi connectivity index (χ4v) is 2.93. The second-order valence-corrected chi connectivity index (χ2v) is 7.63. The number of hydrogen-bond acceptors (Lipinski definition) is 4. The van der Waals surface area contributed by atoms with E-state index < -0.39 is 5.60 Å². The molecule has 2 rings (SSSR count). The highest BCUT2D eigenvalue weighted by Crippen LogP contribution is 2.22. The fraction of sp³-hybridized carbons (Fsp3) is 0.529. The van der Waals surface area contributed by atoms with Gasteiger partial charge in [0.25, 0.3) is 0 Å². The molecule has 24 heavy (non-hydrogen) atoms. The van der Waals surface area contributed by atoms with Crippen molar-refractivity contribution >= 4 is 35.1 Å². The van der Waals surface area contributed by atoms with Gasteiger partial charge in [-0.3, -0.25) is 9.69 Å². The van der Waals surface area contributed by atoms with Crippen molar-refractivity contribution in [3.8, 4) is 0 Å². The summed E-state index contributed by atoms with van der Waals surface area (Å²) in [5.74, 6) is -0.0533. The number of ether oxygens (including phenoxy) is 1. The summed E-state index contributed by atoms with van der Waals surface area (Å²) in [6, 6.07) is 4.86. The Balaban J connectivity index is 1.86. The van der Waals surface area contributed by atoms with Crippen LogP contribution in [0.3, 0.4) is 0 Å². The van der Waals surface area contributed by atoms with E-state index >= 15 is 0 Å². The average Bonchev–Trinajstić information content (AvgIpc) is 2.45. The highest BCUT2D eigenvalue weighted by molar-refractivity contribution is 6.36. The molecule has 0 N–H and O–H groups in total. The van der Waals surface area contributed by atoms with Gasteiger partial charge in [0.15, 0.2) is 5.78 Å². The molecular formula is C17H22Cl2N2O3. The lowest BCUT2D eigenvalue weighted by Gasteiger charge is -2.35. The molecule has 1 aromatic rings. The molecule has 0 spiro atoms. The zero-order chi connectivity index (χ0) is 17.9. The number of benzene rings is 1. The molecule has 0 aliphatic carbocycles. The summed E-state index contributed by atoms with van der Waals surface area (Å²) in [4.78, 5) is 28.1. The van der Waals surface area contributed by atoms with Crippen molar-refractivity contribution in [1.29, 1.82) is 0 Å². The number of carbonyl (C=O) groups is 2. The minimum Gasteiger partial charge on any atom is -0.444 e. The molecule has 1 saturated heterocycles. The molecule has 1 heterocycles. The monoisotopic (exact) mass is 372 g/mol. The first-order valence-electron chi connectivity index (χ1n) is 7.84. The molecule has 0 radical (unpaired) electrons. The van der Waals surface area contributed by atoms with Gasteiger partial charge in [0.05, 0.1) is 11.6 Å². The lowest BCUT2D eigenvalue weighted by atomic mass is 10.1. The van der Waals surface area contributed by atoms with Crippen molar-refractivity contribution in [3.05, 3.63) is 33.8 Å². The maximum atomic E-state index is 12.4. The molecular weight excluding hydrogens is 351 g/mol. The third-order valence-electron chi connectivity index (χ3n) is 3.62. The van der Waals surface area contributed by atoms with Crippen LogP contribution in [0.4, 0.5) is 4.79 Å². The summed E-state index contributed by atoms with van der Waals surface area (Å²) in [6.07, 6.45) is -0.311. The van der Waals surface area contributed by atoms with E-state index in [0.717, 1.165) is 0 Å². The first-order valence-corrected chi connectivity index (χ1v) is 8.60. The number of carbonyl (C=O) groups excluding carboxylic acids is 2. The molecule has 132 valence electrons. The van der Waals surface area contributed by atoms with E-state index in [-0.39, 0.29) is 18.4 Å². The number of hydrogen-bond donors (Lipinski definition) is 0. The number of piperazine rings is 1. The fourth-order valence-electron chi connectivity index (χ4n) is 2.42. The summed E-state index contributed by atoms with van der Waals surface area (Å²) in [6.45, 7) is 8.12. The first-order chi connectivity index (χ1) is 11.2. The van der Waals surface area contributed by atoms with Crippen LogP contribution in [-0.2, 0) is 4.74 Å². The van der Waals surface area contributed by atoms with Crippen molar-refractivity contribution in [2.24, 2.45) is 0 Å². The second-order valence-electron chi connectivity index (χ2n) is 6.79. The van der Waals surface area contributed by atoms with Crippen LogP contribution in [0.15, 0.2) is 18.2 Å². The molecule has 1 aliphatic rings. The van der Waals surface area contributed by atoms with Gasteiger partial charge in [-0.15, -0.1) is 0 Å². The standard InChI is InChI=1S/C17H22Cl2N2O3/c1-17(2,3)24-16(23)21-8-6-20(7-9-21)11-15(22)13-5-4-12(18)10-14(13)19/h4-5,10H,6-9,11H2,1-3H3. The number of Topliss-reactive ketones (excluding diaryl/α,β-unsaturated/α-hetero) is 1. The third-order valence-corrected chi connectivity index (χ3v) is 4.17. The van der Waals surface area contributed by atoms with Gasteiger partial charge in [-0.05, 0) is 39.0 Å². The van der Waals surface area contributed by atoms with E-state index in [1.165, 1.54) is 0 Å². The van der Waals surface area contributed by atoms with Gasteiger partial charge in [-0.2, -0.15) is 0 Å². The van der Waals surface area contributed by atoms with E-state index in [9.17, 15) is 9.59 Å². The highest BCUT2D eigenvalue weighted by Gasteiger charge is 2.26. The van der Waals surface area contributed by atoms with Crippen molar-refractivity contribution in [2.75, 3.05) is 32.7 Å². The van der Waals surface area contributed by atoms with Gasteiger partial charge in [0, 0.05) is 36.8 Å². The van der Waals surface area contributed by atoms with Crippen LogP contribution in [0, 0.1) is 0 Å². The normalized spacial score (nSPS) is 16.1. The van der Waals surface area contributed by atoms with E-state index in [0.29, 0.717) is 41.8 Å². The predicted molar refractivity (Wildman–Crippen MR) is 95.0 cm³/mol. The maximum absolute atomic E-state index is 12.4. The largest absolute Gasteiger partial charge is 0.444 e. The lowest BCUT2D eigenvalue weighted by Crippen LogP contribution is -2.51. The van der Waals surface area contributed by atoms with Gasteiger partial charge < -0.3 is 9.64 Å². The van der Waals surface area contributed by atoms with Gasteiger partial charge in [0.1, 0.15) is 5.60 Å². The second kappa shape index (κ2) is 7.72. The van der Waals surface area contributed by atoms with E-state index in [2.05, 4.69) is 0 Å². The van der Waals surface area contributed by atoms with Gasteiger partial charge in [-0.1, -0.05) is 23.2 Å². The number of amides is 1. The van der Waals surface area contributed by atoms with Gasteiger partial charge >= 0.3 is 6.09 Å². The van der Waals surface area contributed by atoms with E-state index in [1.807, 2.05) is 25.7 Å². The van der Waals surface area contributed by atoms with Crippen LogP contribution in [0.5, 0.6) is 0 Å². The number of rotatable bonds is 3. The van der Waals surface area contributed by atoms with Gasteiger partial charge in [-0.25, -0.2) is 4.79 Å². The molecule has 0 atom stereocenters. The summed E-state index contributed by atoms with van der Waals surface area (Å²) in [5.41, 5.74) is -0.0363. The van der Waals surface area contributed by atoms with E-state index in [1.54, 1.807) is 23.1 Å². The maximum Gasteiger partial charge on any atom is 0.410 e. The van der Waals surface area contributed by atoms with Crippen LogP contribution >= 0.6 is 23.2 Å². The van der Waals surface area contributed by atoms with Crippen LogP contribution in [0.25, 0.3) is 0 Å². The van der Waals surface area contributed by atoms with Crippen molar-refractivity contribution in [1.82, 2.24) is 9.80 Å². The SMILES string of the molecule is CC(C)(C)OC(=O)N1CCN(CC(=O)c2ccc(Cl)cc2Cl)CC1. The number of halogens is 2. The van der Waals surface area contributed by atoms with Crippen LogP contribution < -0.4 is 0 Å². The Hall–Kier alpha value is -1.30. The Morgan fingerprint density at radius 3 is 2.29 bits per heavy atom. The Bertz CT molecular complexity index is 621. The molecule has 7 heteroatoms. The molecule has 1 aliphatic heterocycles. The van der Waals surface area contributed by atoms with Gasteiger partial charge in [0.2, 0.25) is 0 Å². The smallest absolute Gasteiger partial charge is 0.410 e. The summed E-state index contributed by atoms with van der Waals surface area (Å²) < 4.78 is 5.36. The Morgan fingerprint density at radius 2 is 1.75 bits per heavy atom. The summed E-state index contributed by atoms with van der Waals surface area (Å²) in [5, 5.41) is 0.863. The average molecular weight is 373 g/mol. The molecule has 0 aromatic heterocycles. The quantitative estimate of drug-likeness (QED) is 0.758. The lowest BCUT2D eigenvalue weighted by molar-refractivity contribution is 0.0149. The van der Waals surface area contributed by atoms with E-state index in [4.69, 9.17) is 27.9 Å². The van der Waals surface area contributed by atoms with Crippen LogP contribution in [0.1, 0.15) is 31.1 Å². The first kappa shape index (κ1) is 19.0. The Morgan fingerprint density at radius 1 is 1.12 bits per heavy atom. The third kappa shape index (κ3) is 5.36. The van der Waals surface area contributed by atoms with Crippen LogP contribution in [0.2, 0.25) is 10.0 Å². The topological polar surface area (TPSA) is 49.9 Å². The zero-order valence-corrected chi connectivity index (χ0v) is 15.7. The predicted octanol–water partition coefficient (Wildman–Crippen LogP) is 3.73.